The highest BCUT2D eigenvalue weighted by Crippen LogP contribution is 2.41. The van der Waals surface area contributed by atoms with Gasteiger partial charge in [0, 0.05) is 32.0 Å². The van der Waals surface area contributed by atoms with E-state index in [0.29, 0.717) is 16.8 Å². The zero-order valence-electron chi connectivity index (χ0n) is 18.4. The van der Waals surface area contributed by atoms with Gasteiger partial charge in [0.15, 0.2) is 0 Å². The van der Waals surface area contributed by atoms with Crippen molar-refractivity contribution < 1.29 is 9.59 Å². The third-order valence-electron chi connectivity index (χ3n) is 5.47. The molecular formula is C28H21N3O2S. The second-order valence-electron chi connectivity index (χ2n) is 7.88. The Balaban J connectivity index is 1.46. The smallest absolute Gasteiger partial charge is 0.267 e. The minimum atomic E-state index is -0.411. The van der Waals surface area contributed by atoms with Crippen molar-refractivity contribution in [1.82, 2.24) is 10.9 Å². The Bertz CT molecular complexity index is 1410. The summed E-state index contributed by atoms with van der Waals surface area (Å²) in [5.74, 6) is -0.791. The summed E-state index contributed by atoms with van der Waals surface area (Å²) in [6, 6.07) is 30.6. The van der Waals surface area contributed by atoms with E-state index in [0.717, 1.165) is 26.6 Å². The Kier molecular flexibility index (Phi) is 5.97. The van der Waals surface area contributed by atoms with Gasteiger partial charge >= 0.3 is 0 Å². The van der Waals surface area contributed by atoms with Gasteiger partial charge in [-0.3, -0.25) is 20.4 Å². The molecule has 4 aromatic carbocycles. The van der Waals surface area contributed by atoms with Gasteiger partial charge in [0.05, 0.1) is 11.4 Å². The molecule has 4 aromatic rings. The largest absolute Gasteiger partial charge is 0.269 e. The molecule has 0 fully saturated rings. The van der Waals surface area contributed by atoms with Crippen LogP contribution in [-0.4, -0.2) is 17.5 Å². The molecule has 0 aliphatic carbocycles. The lowest BCUT2D eigenvalue weighted by molar-refractivity contribution is 0.0846. The van der Waals surface area contributed by atoms with Gasteiger partial charge in [-0.05, 0) is 43.3 Å². The second kappa shape index (κ2) is 9.37. The summed E-state index contributed by atoms with van der Waals surface area (Å²) < 4.78 is 0. The van der Waals surface area contributed by atoms with E-state index in [1.165, 1.54) is 5.56 Å². The van der Waals surface area contributed by atoms with E-state index in [-0.39, 0.29) is 5.91 Å². The number of benzene rings is 4. The lowest BCUT2D eigenvalue weighted by Crippen LogP contribution is -2.41. The normalized spacial score (nSPS) is 12.0. The molecule has 1 aliphatic rings. The van der Waals surface area contributed by atoms with Gasteiger partial charge < -0.3 is 0 Å². The highest BCUT2D eigenvalue weighted by atomic mass is 32.2. The first-order valence-electron chi connectivity index (χ1n) is 10.8. The van der Waals surface area contributed by atoms with E-state index in [4.69, 9.17) is 4.99 Å². The molecule has 0 radical (unpaired) electrons. The van der Waals surface area contributed by atoms with Crippen LogP contribution >= 0.6 is 11.8 Å². The topological polar surface area (TPSA) is 70.6 Å². The van der Waals surface area contributed by atoms with Gasteiger partial charge in [-0.25, -0.2) is 4.99 Å². The van der Waals surface area contributed by atoms with Crippen LogP contribution in [0.25, 0.3) is 0 Å². The number of aliphatic imine (C=N–C) groups is 1. The second-order valence-corrected chi connectivity index (χ2v) is 8.97. The number of nitrogens with one attached hydrogen (secondary N) is 2. The molecule has 166 valence electrons. The zero-order chi connectivity index (χ0) is 23.5. The molecule has 0 aromatic heterocycles. The number of aryl methyl sites for hydroxylation is 1. The van der Waals surface area contributed by atoms with E-state index in [1.807, 2.05) is 24.3 Å². The highest BCUT2D eigenvalue weighted by Gasteiger charge is 2.20. The Morgan fingerprint density at radius 2 is 1.38 bits per heavy atom. The molecule has 2 amide bonds. The number of fused-ring (bicyclic) bond motifs is 2. The quantitative estimate of drug-likeness (QED) is 0.337. The van der Waals surface area contributed by atoms with Crippen LogP contribution in [-0.2, 0) is 0 Å². The minimum Gasteiger partial charge on any atom is -0.267 e. The SMILES string of the molecule is Cc1ccc(C2=Nc3cc(C(=O)NNC(=O)c4ccccc4)ccc3Sc3ccccc32)cc1. The molecule has 1 heterocycles. The van der Waals surface area contributed by atoms with E-state index in [1.54, 1.807) is 48.2 Å². The van der Waals surface area contributed by atoms with E-state index in [2.05, 4.69) is 54.2 Å². The van der Waals surface area contributed by atoms with Crippen LogP contribution in [0.4, 0.5) is 5.69 Å². The highest BCUT2D eigenvalue weighted by molar-refractivity contribution is 7.99. The molecule has 0 saturated carbocycles. The summed E-state index contributed by atoms with van der Waals surface area (Å²) in [5, 5.41) is 0. The predicted molar refractivity (Wildman–Crippen MR) is 135 cm³/mol. The van der Waals surface area contributed by atoms with Crippen LogP contribution in [0, 0.1) is 6.92 Å². The average Bonchev–Trinajstić information content (AvgIpc) is 3.04. The third-order valence-corrected chi connectivity index (χ3v) is 6.61. The number of rotatable bonds is 3. The molecule has 0 unspecified atom stereocenters. The fraction of sp³-hybridized carbons (Fsp3) is 0.0357. The first kappa shape index (κ1) is 21.7. The summed E-state index contributed by atoms with van der Waals surface area (Å²) in [4.78, 5) is 32.1. The first-order valence-corrected chi connectivity index (χ1v) is 11.6. The summed E-state index contributed by atoms with van der Waals surface area (Å²) >= 11 is 1.62. The number of carbonyl (C=O) groups is 2. The molecule has 0 atom stereocenters. The van der Waals surface area contributed by atoms with Crippen molar-refractivity contribution in [3.63, 3.8) is 0 Å². The van der Waals surface area contributed by atoms with Gasteiger partial charge in [-0.1, -0.05) is 78.0 Å². The molecule has 2 N–H and O–H groups in total. The van der Waals surface area contributed by atoms with E-state index >= 15 is 0 Å². The van der Waals surface area contributed by atoms with Crippen molar-refractivity contribution >= 4 is 35.0 Å². The first-order chi connectivity index (χ1) is 16.6. The van der Waals surface area contributed by atoms with Gasteiger partial charge in [-0.15, -0.1) is 0 Å². The van der Waals surface area contributed by atoms with Gasteiger partial charge in [-0.2, -0.15) is 0 Å². The molecular weight excluding hydrogens is 442 g/mol. The summed E-state index contributed by atoms with van der Waals surface area (Å²) in [6.07, 6.45) is 0. The number of carbonyl (C=O) groups excluding carboxylic acids is 2. The number of nitrogens with zero attached hydrogens (tertiary/aromatic N) is 1. The zero-order valence-corrected chi connectivity index (χ0v) is 19.2. The Labute approximate surface area is 201 Å². The van der Waals surface area contributed by atoms with Crippen LogP contribution in [0.1, 0.15) is 37.4 Å². The molecule has 6 heteroatoms. The van der Waals surface area contributed by atoms with E-state index < -0.39 is 5.91 Å². The summed E-state index contributed by atoms with van der Waals surface area (Å²) in [7, 11) is 0. The molecule has 0 saturated heterocycles. The Morgan fingerprint density at radius 3 is 2.15 bits per heavy atom. The van der Waals surface area contributed by atoms with Crippen molar-refractivity contribution in [2.45, 2.75) is 16.7 Å². The fourth-order valence-corrected chi connectivity index (χ4v) is 4.67. The van der Waals surface area contributed by atoms with Gasteiger partial charge in [0.25, 0.3) is 11.8 Å². The Hall–Kier alpha value is -4.16. The van der Waals surface area contributed by atoms with Crippen molar-refractivity contribution in [2.75, 3.05) is 0 Å². The maximum Gasteiger partial charge on any atom is 0.269 e. The van der Waals surface area contributed by atoms with Crippen LogP contribution in [0.2, 0.25) is 0 Å². The maximum absolute atomic E-state index is 12.8. The molecule has 34 heavy (non-hydrogen) atoms. The summed E-state index contributed by atoms with van der Waals surface area (Å²) in [6.45, 7) is 2.05. The molecule has 0 spiro atoms. The van der Waals surface area contributed by atoms with Crippen LogP contribution < -0.4 is 10.9 Å². The van der Waals surface area contributed by atoms with Crippen LogP contribution in [0.3, 0.4) is 0 Å². The predicted octanol–water partition coefficient (Wildman–Crippen LogP) is 5.70. The van der Waals surface area contributed by atoms with Crippen molar-refractivity contribution in [1.29, 1.82) is 0 Å². The number of hydrogen-bond donors (Lipinski definition) is 2. The van der Waals surface area contributed by atoms with Crippen LogP contribution in [0.5, 0.6) is 0 Å². The average molecular weight is 464 g/mol. The third kappa shape index (κ3) is 4.49. The molecule has 5 nitrogen and oxygen atoms in total. The lowest BCUT2D eigenvalue weighted by Gasteiger charge is -2.09. The lowest BCUT2D eigenvalue weighted by atomic mass is 10.0. The maximum atomic E-state index is 12.8. The fourth-order valence-electron chi connectivity index (χ4n) is 3.66. The van der Waals surface area contributed by atoms with Gasteiger partial charge in [0.1, 0.15) is 0 Å². The number of amides is 2. The number of hydrazine groups is 1. The number of hydrogen-bond acceptors (Lipinski definition) is 4. The van der Waals surface area contributed by atoms with Gasteiger partial charge in [0.2, 0.25) is 0 Å². The van der Waals surface area contributed by atoms with Crippen molar-refractivity contribution in [3.8, 4) is 0 Å². The minimum absolute atomic E-state index is 0.380. The molecule has 0 bridgehead atoms. The van der Waals surface area contributed by atoms with E-state index in [9.17, 15) is 9.59 Å². The molecule has 1 aliphatic heterocycles. The standard InChI is InChI=1S/C28H21N3O2S/c1-18-11-13-19(14-12-18)26-22-9-5-6-10-24(22)34-25-16-15-21(17-23(25)29-26)28(33)31-30-27(32)20-7-3-2-4-8-20/h2-17H,1H3,(H,30,32)(H,31,33). The van der Waals surface area contributed by atoms with Crippen molar-refractivity contribution in [3.05, 3.63) is 125 Å². The van der Waals surface area contributed by atoms with Crippen molar-refractivity contribution in [2.24, 2.45) is 4.99 Å². The summed E-state index contributed by atoms with van der Waals surface area (Å²) in [5.41, 5.74) is 10.6. The van der Waals surface area contributed by atoms with Crippen LogP contribution in [0.15, 0.2) is 112 Å². The Morgan fingerprint density at radius 1 is 0.706 bits per heavy atom. The monoisotopic (exact) mass is 463 g/mol. The molecule has 5 rings (SSSR count).